The van der Waals surface area contributed by atoms with E-state index in [9.17, 15) is 23.8 Å². The van der Waals surface area contributed by atoms with Gasteiger partial charge in [0.25, 0.3) is 11.5 Å². The Bertz CT molecular complexity index is 2200. The molecule has 2 unspecified atom stereocenters. The van der Waals surface area contributed by atoms with Crippen LogP contribution in [0, 0.1) is 11.8 Å². The average molecular weight is 629 g/mol. The van der Waals surface area contributed by atoms with E-state index in [1.807, 2.05) is 42.5 Å². The Morgan fingerprint density at radius 2 is 1.84 bits per heavy atom. The molecule has 3 heterocycles. The second kappa shape index (κ2) is 10.9. The first kappa shape index (κ1) is 29.4. The summed E-state index contributed by atoms with van der Waals surface area (Å²) in [5.41, 5.74) is -2.39. The predicted molar refractivity (Wildman–Crippen MR) is 164 cm³/mol. The topological polar surface area (TPSA) is 161 Å². The molecule has 0 aliphatic carbocycles. The molecule has 13 heteroatoms. The summed E-state index contributed by atoms with van der Waals surface area (Å²) in [6.07, 6.45) is -1.95. The van der Waals surface area contributed by atoms with Gasteiger partial charge in [-0.2, -0.15) is 0 Å². The Labute approximate surface area is 255 Å². The van der Waals surface area contributed by atoms with Gasteiger partial charge in [0, 0.05) is 25.5 Å². The van der Waals surface area contributed by atoms with Crippen LogP contribution >= 0.6 is 7.60 Å². The zero-order valence-corrected chi connectivity index (χ0v) is 25.1. The van der Waals surface area contributed by atoms with Gasteiger partial charge in [-0.25, -0.2) is 4.79 Å². The summed E-state index contributed by atoms with van der Waals surface area (Å²) in [5, 5.41) is 8.95. The van der Waals surface area contributed by atoms with E-state index in [2.05, 4.69) is 28.2 Å². The monoisotopic (exact) mass is 628 g/mol. The zero-order valence-electron chi connectivity index (χ0n) is 24.2. The van der Waals surface area contributed by atoms with E-state index in [4.69, 9.17) is 18.7 Å². The predicted octanol–water partition coefficient (Wildman–Crippen LogP) is 2.10. The fourth-order valence-corrected chi connectivity index (χ4v) is 7.11. The lowest BCUT2D eigenvalue weighted by atomic mass is 9.92. The smallest absolute Gasteiger partial charge is 0.330 e. The zero-order chi connectivity index (χ0) is 31.5. The maximum atomic E-state index is 13.2. The number of H-pyrrole nitrogens is 1. The van der Waals surface area contributed by atoms with Crippen molar-refractivity contribution in [3.63, 3.8) is 0 Å². The van der Waals surface area contributed by atoms with Gasteiger partial charge in [-0.3, -0.25) is 19.1 Å². The van der Waals surface area contributed by atoms with Gasteiger partial charge in [-0.15, -0.1) is 0 Å². The van der Waals surface area contributed by atoms with Crippen LogP contribution in [0.5, 0.6) is 0 Å². The molecule has 1 aromatic heterocycles. The summed E-state index contributed by atoms with van der Waals surface area (Å²) in [7, 11) is -2.79. The van der Waals surface area contributed by atoms with Gasteiger partial charge in [0.05, 0.1) is 19.8 Å². The molecule has 5 aromatic rings. The molecule has 230 valence electrons. The molecule has 2 bridgehead atoms. The molecule has 5 atom stereocenters. The fraction of sp³-hybridized carbons (Fsp3) is 0.281. The van der Waals surface area contributed by atoms with E-state index < -0.39 is 42.9 Å². The molecule has 2 aliphatic heterocycles. The Hall–Kier alpha value is -4.34. The van der Waals surface area contributed by atoms with Crippen LogP contribution in [0.4, 0.5) is 0 Å². The van der Waals surface area contributed by atoms with Crippen LogP contribution in [0.2, 0.25) is 0 Å². The summed E-state index contributed by atoms with van der Waals surface area (Å²) in [6.45, 7) is 0.792. The Morgan fingerprint density at radius 1 is 1.13 bits per heavy atom. The molecule has 0 spiro atoms. The third kappa shape index (κ3) is 5.04. The van der Waals surface area contributed by atoms with E-state index in [1.54, 1.807) is 6.07 Å². The molecule has 0 saturated carbocycles. The van der Waals surface area contributed by atoms with Crippen molar-refractivity contribution >= 4 is 45.8 Å². The molecule has 2 N–H and O–H groups in total. The standard InChI is InChI=1S/C32H28N3O9P/c1-41-16-32-17-42-26(27(32)44-45(2,39)40)30(43-32)35-15-21(28(36)34-31(35)38)7-4-14-33-29(37)23-13-11-20-9-8-18-5-3-6-19-10-12-22(23)25(20)24(18)19/h3,5-6,8-13,15,26-27,30H,14,16-17H2,1-2H3,(H,33,37)(H,39,40)(H,34,36,38)/p-1/t26-,27?,30-,32-/m1/s1. The minimum absolute atomic E-state index is 0.0107. The first-order valence-electron chi connectivity index (χ1n) is 14.1. The van der Waals surface area contributed by atoms with Crippen molar-refractivity contribution < 1.29 is 33.0 Å². The van der Waals surface area contributed by atoms with E-state index in [0.717, 1.165) is 43.5 Å². The van der Waals surface area contributed by atoms with Crippen LogP contribution in [0.1, 0.15) is 22.1 Å². The number of nitrogens with zero attached hydrogens (tertiary/aromatic N) is 1. The highest BCUT2D eigenvalue weighted by Crippen LogP contribution is 2.51. The molecule has 45 heavy (non-hydrogen) atoms. The lowest BCUT2D eigenvalue weighted by Crippen LogP contribution is -2.46. The van der Waals surface area contributed by atoms with Crippen LogP contribution in [-0.2, 0) is 23.3 Å². The van der Waals surface area contributed by atoms with Crippen LogP contribution in [0.25, 0.3) is 32.3 Å². The second-order valence-corrected chi connectivity index (χ2v) is 13.0. The molecule has 0 radical (unpaired) electrons. The number of fused-ring (bicyclic) bond motifs is 2. The number of carbonyl (C=O) groups excluding carboxylic acids is 1. The number of methoxy groups -OCH3 is 1. The molecule has 1 amide bonds. The number of carbonyl (C=O) groups is 1. The van der Waals surface area contributed by atoms with Crippen LogP contribution in [0.15, 0.2) is 70.4 Å². The molecule has 7 rings (SSSR count). The molecular formula is C32H27N3O9P-. The number of ether oxygens (including phenoxy) is 3. The van der Waals surface area contributed by atoms with Crippen molar-refractivity contribution in [3.05, 3.63) is 92.8 Å². The third-order valence-corrected chi connectivity index (χ3v) is 8.85. The third-order valence-electron chi connectivity index (χ3n) is 8.24. The van der Waals surface area contributed by atoms with Crippen molar-refractivity contribution in [2.24, 2.45) is 0 Å². The first-order valence-corrected chi connectivity index (χ1v) is 16.1. The molecule has 2 saturated heterocycles. The quantitative estimate of drug-likeness (QED) is 0.156. The summed E-state index contributed by atoms with van der Waals surface area (Å²) in [6, 6.07) is 17.8. The number of amides is 1. The SMILES string of the molecule is COC[C@@]12CO[C@H](C1OP(C)(=O)[O-])[C@H](n1cc(C#CCNC(=O)c3ccc4ccc5cccc6ccc3c4c56)c(=O)[nH]c1=O)O2. The Kier molecular flexibility index (Phi) is 7.13. The number of rotatable bonds is 7. The summed E-state index contributed by atoms with van der Waals surface area (Å²) >= 11 is 0. The first-order chi connectivity index (χ1) is 21.6. The summed E-state index contributed by atoms with van der Waals surface area (Å²) < 4.78 is 35.5. The molecular weight excluding hydrogens is 601 g/mol. The van der Waals surface area contributed by atoms with Gasteiger partial charge in [0.1, 0.15) is 31.0 Å². The number of hydrogen-bond acceptors (Lipinski definition) is 9. The number of hydrogen-bond donors (Lipinski definition) is 2. The highest BCUT2D eigenvalue weighted by atomic mass is 31.2. The van der Waals surface area contributed by atoms with Crippen molar-refractivity contribution in [1.82, 2.24) is 14.9 Å². The minimum Gasteiger partial charge on any atom is -0.779 e. The lowest BCUT2D eigenvalue weighted by Gasteiger charge is -2.32. The number of aromatic amines is 1. The van der Waals surface area contributed by atoms with Crippen molar-refractivity contribution in [3.8, 4) is 11.8 Å². The maximum Gasteiger partial charge on any atom is 0.330 e. The second-order valence-electron chi connectivity index (χ2n) is 11.2. The maximum absolute atomic E-state index is 13.2. The highest BCUT2D eigenvalue weighted by molar-refractivity contribution is 7.50. The summed E-state index contributed by atoms with van der Waals surface area (Å²) in [4.78, 5) is 52.8. The van der Waals surface area contributed by atoms with E-state index in [1.165, 1.54) is 13.3 Å². The van der Waals surface area contributed by atoms with Gasteiger partial charge in [-0.05, 0) is 38.4 Å². The Balaban J connectivity index is 1.13. The lowest BCUT2D eigenvalue weighted by molar-refractivity contribution is -0.208. The van der Waals surface area contributed by atoms with Crippen molar-refractivity contribution in [1.29, 1.82) is 0 Å². The van der Waals surface area contributed by atoms with E-state index in [0.29, 0.717) is 5.56 Å². The number of aromatic nitrogens is 2. The average Bonchev–Trinajstić information content (AvgIpc) is 3.48. The normalized spacial score (nSPS) is 23.8. The summed E-state index contributed by atoms with van der Waals surface area (Å²) in [5.74, 6) is 5.15. The van der Waals surface area contributed by atoms with Gasteiger partial charge >= 0.3 is 5.69 Å². The van der Waals surface area contributed by atoms with E-state index >= 15 is 0 Å². The van der Waals surface area contributed by atoms with Crippen LogP contribution < -0.4 is 21.5 Å². The van der Waals surface area contributed by atoms with Gasteiger partial charge in [-0.1, -0.05) is 60.4 Å². The van der Waals surface area contributed by atoms with Crippen molar-refractivity contribution in [2.75, 3.05) is 33.5 Å². The molecule has 2 aliphatic rings. The molecule has 12 nitrogen and oxygen atoms in total. The number of benzene rings is 4. The Morgan fingerprint density at radius 3 is 2.58 bits per heavy atom. The van der Waals surface area contributed by atoms with Gasteiger partial charge < -0.3 is 33.5 Å². The van der Waals surface area contributed by atoms with Gasteiger partial charge in [0.15, 0.2) is 6.23 Å². The van der Waals surface area contributed by atoms with Crippen molar-refractivity contribution in [2.45, 2.75) is 24.0 Å². The largest absolute Gasteiger partial charge is 0.779 e. The minimum atomic E-state index is -4.21. The highest BCUT2D eigenvalue weighted by Gasteiger charge is 2.64. The molecule has 2 fully saturated rings. The van der Waals surface area contributed by atoms with Crippen LogP contribution in [-0.4, -0.2) is 66.8 Å². The van der Waals surface area contributed by atoms with Gasteiger partial charge in [0.2, 0.25) is 0 Å². The van der Waals surface area contributed by atoms with E-state index in [-0.39, 0.29) is 31.2 Å². The fourth-order valence-electron chi connectivity index (χ4n) is 6.38. The van der Waals surface area contributed by atoms with Crippen LogP contribution in [0.3, 0.4) is 0 Å². The number of nitrogens with one attached hydrogen (secondary N) is 2. The molecule has 4 aromatic carbocycles.